The normalized spacial score (nSPS) is 16.7. The van der Waals surface area contributed by atoms with Crippen LogP contribution >= 0.6 is 0 Å². The Morgan fingerprint density at radius 1 is 0.930 bits per heavy atom. The van der Waals surface area contributed by atoms with Crippen LogP contribution in [0.5, 0.6) is 0 Å². The number of amides is 2. The van der Waals surface area contributed by atoms with Crippen LogP contribution in [0, 0.1) is 5.41 Å². The number of para-hydroxylation sites is 2. The van der Waals surface area contributed by atoms with E-state index in [1.165, 1.54) is 20.2 Å². The predicted molar refractivity (Wildman–Crippen MR) is 170 cm³/mol. The molecule has 0 saturated carbocycles. The molecule has 2 amide bonds. The fourth-order valence-electron chi connectivity index (χ4n) is 6.45. The van der Waals surface area contributed by atoms with Gasteiger partial charge in [0.05, 0.1) is 29.6 Å². The van der Waals surface area contributed by atoms with Crippen LogP contribution in [0.25, 0.3) is 22.2 Å². The molecule has 3 heterocycles. The highest BCUT2D eigenvalue weighted by atomic mass is 16.5. The fourth-order valence-corrected chi connectivity index (χ4v) is 6.45. The van der Waals surface area contributed by atoms with Gasteiger partial charge in [0.25, 0.3) is 5.91 Å². The number of likely N-dealkylation sites (tertiary alicyclic amines) is 2. The van der Waals surface area contributed by atoms with E-state index in [4.69, 9.17) is 9.72 Å². The van der Waals surface area contributed by atoms with Gasteiger partial charge in [0, 0.05) is 42.2 Å². The van der Waals surface area contributed by atoms with E-state index < -0.39 is 6.09 Å². The summed E-state index contributed by atoms with van der Waals surface area (Å²) in [7, 11) is 1.30. The number of benzene rings is 3. The number of aromatic nitrogens is 1. The maximum Gasteiger partial charge on any atom is 0.433 e. The van der Waals surface area contributed by atoms with E-state index in [0.29, 0.717) is 29.3 Å². The number of carbonyl (C=O) groups is 2. The molecular formula is C35H39N5O3. The van der Waals surface area contributed by atoms with Gasteiger partial charge in [-0.05, 0) is 63.4 Å². The van der Waals surface area contributed by atoms with E-state index in [0.717, 1.165) is 58.7 Å². The van der Waals surface area contributed by atoms with Crippen molar-refractivity contribution in [1.82, 2.24) is 20.2 Å². The lowest BCUT2D eigenvalue weighted by Crippen LogP contribution is -2.61. The number of carbonyl (C=O) groups excluding carboxylic acids is 2. The third-order valence-corrected chi connectivity index (χ3v) is 8.96. The zero-order valence-electron chi connectivity index (χ0n) is 25.1. The lowest BCUT2D eigenvalue weighted by molar-refractivity contribution is -0.0633. The van der Waals surface area contributed by atoms with Gasteiger partial charge in [0.15, 0.2) is 0 Å². The first-order chi connectivity index (χ1) is 20.9. The fraction of sp³-hybridized carbons (Fsp3) is 0.343. The number of hydrazine groups is 1. The van der Waals surface area contributed by atoms with Gasteiger partial charge in [-0.1, -0.05) is 66.7 Å². The molecule has 6 rings (SSSR count). The Balaban J connectivity index is 1.39. The second-order valence-electron chi connectivity index (χ2n) is 12.1. The van der Waals surface area contributed by atoms with Crippen LogP contribution in [-0.4, -0.2) is 66.1 Å². The van der Waals surface area contributed by atoms with Gasteiger partial charge in [-0.15, -0.1) is 0 Å². The topological polar surface area (TPSA) is 78.0 Å². The molecule has 0 aliphatic carbocycles. The van der Waals surface area contributed by atoms with Gasteiger partial charge in [-0.3, -0.25) is 20.0 Å². The molecule has 8 heteroatoms. The monoisotopic (exact) mass is 577 g/mol. The van der Waals surface area contributed by atoms with Gasteiger partial charge in [0.2, 0.25) is 0 Å². The smallest absolute Gasteiger partial charge is 0.433 e. The number of ether oxygens (including phenoxy) is 1. The second kappa shape index (κ2) is 12.1. The molecule has 0 unspecified atom stereocenters. The minimum Gasteiger partial charge on any atom is -0.451 e. The van der Waals surface area contributed by atoms with Gasteiger partial charge in [0.1, 0.15) is 0 Å². The summed E-state index contributed by atoms with van der Waals surface area (Å²) in [5.74, 6) is -0.389. The van der Waals surface area contributed by atoms with Crippen molar-refractivity contribution in [3.63, 3.8) is 0 Å². The lowest BCUT2D eigenvalue weighted by Gasteiger charge is -2.55. The highest BCUT2D eigenvalue weighted by Crippen LogP contribution is 2.42. The molecule has 0 radical (unpaired) electrons. The number of hydrogen-bond acceptors (Lipinski definition) is 6. The van der Waals surface area contributed by atoms with Crippen molar-refractivity contribution in [2.24, 2.45) is 5.41 Å². The molecule has 222 valence electrons. The molecule has 8 nitrogen and oxygen atoms in total. The summed E-state index contributed by atoms with van der Waals surface area (Å²) in [5.41, 5.74) is 7.60. The maximum atomic E-state index is 14.4. The molecular weight excluding hydrogens is 538 g/mol. The van der Waals surface area contributed by atoms with Crippen LogP contribution in [0.1, 0.15) is 42.6 Å². The average Bonchev–Trinajstić information content (AvgIpc) is 3.02. The maximum absolute atomic E-state index is 14.4. The molecule has 1 aromatic heterocycles. The second-order valence-corrected chi connectivity index (χ2v) is 12.1. The minimum absolute atomic E-state index is 0.389. The largest absolute Gasteiger partial charge is 0.451 e. The van der Waals surface area contributed by atoms with E-state index in [-0.39, 0.29) is 5.91 Å². The predicted octanol–water partition coefficient (Wildman–Crippen LogP) is 6.13. The number of anilines is 1. The summed E-state index contributed by atoms with van der Waals surface area (Å²) in [6.07, 6.45) is 1.60. The summed E-state index contributed by atoms with van der Waals surface area (Å²) in [4.78, 5) is 37.3. The molecule has 2 aliphatic heterocycles. The van der Waals surface area contributed by atoms with E-state index >= 15 is 0 Å². The number of nitrogens with one attached hydrogen (secondary N) is 1. The standard InChI is InChI=1S/C35H39N5O3/c1-25(2)39-23-35(24-39)18-20-38(21-19-35)22-29-31(33(41)37-40(34(42)43-3)27-14-8-5-9-15-27)28-16-10-11-17-30(28)36-32(29)26-12-6-4-7-13-26/h4-17,25H,18-24H2,1-3H3,(H,37,41). The Morgan fingerprint density at radius 2 is 1.56 bits per heavy atom. The number of fused-ring (bicyclic) bond motifs is 1. The first-order valence-electron chi connectivity index (χ1n) is 15.0. The zero-order chi connectivity index (χ0) is 30.0. The highest BCUT2D eigenvalue weighted by molar-refractivity contribution is 6.10. The molecule has 2 aliphatic rings. The van der Waals surface area contributed by atoms with E-state index in [1.54, 1.807) is 12.1 Å². The number of hydrogen-bond donors (Lipinski definition) is 1. The molecule has 2 saturated heterocycles. The third-order valence-electron chi connectivity index (χ3n) is 8.96. The number of pyridine rings is 1. The molecule has 2 fully saturated rings. The first-order valence-corrected chi connectivity index (χ1v) is 15.0. The summed E-state index contributed by atoms with van der Waals surface area (Å²) in [5, 5.41) is 1.90. The molecule has 1 N–H and O–H groups in total. The van der Waals surface area contributed by atoms with Crippen LogP contribution in [0.4, 0.5) is 10.5 Å². The number of rotatable bonds is 6. The van der Waals surface area contributed by atoms with Crippen molar-refractivity contribution in [3.8, 4) is 11.3 Å². The highest BCUT2D eigenvalue weighted by Gasteiger charge is 2.45. The molecule has 1 spiro atoms. The summed E-state index contributed by atoms with van der Waals surface area (Å²) < 4.78 is 5.04. The SMILES string of the molecule is COC(=O)N(NC(=O)c1c(CN2CCC3(CC2)CN(C(C)C)C3)c(-c2ccccc2)nc2ccccc12)c1ccccc1. The van der Waals surface area contributed by atoms with Gasteiger partial charge < -0.3 is 4.74 Å². The molecule has 0 bridgehead atoms. The summed E-state index contributed by atoms with van der Waals surface area (Å²) in [6, 6.07) is 27.3. The lowest BCUT2D eigenvalue weighted by atomic mass is 9.71. The zero-order valence-corrected chi connectivity index (χ0v) is 25.1. The molecule has 4 aromatic rings. The molecule has 0 atom stereocenters. The average molecular weight is 578 g/mol. The summed E-state index contributed by atoms with van der Waals surface area (Å²) in [6.45, 7) is 9.39. The van der Waals surface area contributed by atoms with E-state index in [2.05, 4.69) is 29.1 Å². The van der Waals surface area contributed by atoms with Crippen LogP contribution in [0.3, 0.4) is 0 Å². The third kappa shape index (κ3) is 5.85. The van der Waals surface area contributed by atoms with E-state index in [9.17, 15) is 9.59 Å². The van der Waals surface area contributed by atoms with Gasteiger partial charge >= 0.3 is 6.09 Å². The van der Waals surface area contributed by atoms with Crippen molar-refractivity contribution in [1.29, 1.82) is 0 Å². The van der Waals surface area contributed by atoms with E-state index in [1.807, 2.05) is 72.8 Å². The van der Waals surface area contributed by atoms with Crippen molar-refractivity contribution >= 4 is 28.6 Å². The van der Waals surface area contributed by atoms with Crippen LogP contribution < -0.4 is 10.4 Å². The molecule has 3 aromatic carbocycles. The number of methoxy groups -OCH3 is 1. The summed E-state index contributed by atoms with van der Waals surface area (Å²) >= 11 is 0. The van der Waals surface area contributed by atoms with Crippen LogP contribution in [-0.2, 0) is 11.3 Å². The molecule has 43 heavy (non-hydrogen) atoms. The van der Waals surface area contributed by atoms with Gasteiger partial charge in [-0.25, -0.2) is 9.78 Å². The number of nitrogens with zero attached hydrogens (tertiary/aromatic N) is 4. The van der Waals surface area contributed by atoms with Crippen molar-refractivity contribution < 1.29 is 14.3 Å². The van der Waals surface area contributed by atoms with Crippen molar-refractivity contribution in [2.45, 2.75) is 39.3 Å². The van der Waals surface area contributed by atoms with Crippen LogP contribution in [0.15, 0.2) is 84.9 Å². The first kappa shape index (κ1) is 28.8. The Kier molecular flexibility index (Phi) is 8.15. The van der Waals surface area contributed by atoms with Crippen molar-refractivity contribution in [3.05, 3.63) is 96.1 Å². The Hall–Kier alpha value is -4.27. The Bertz CT molecular complexity index is 1590. The van der Waals surface area contributed by atoms with Crippen molar-refractivity contribution in [2.75, 3.05) is 38.3 Å². The van der Waals surface area contributed by atoms with Gasteiger partial charge in [-0.2, -0.15) is 5.01 Å². The number of piperidine rings is 1. The quantitative estimate of drug-likeness (QED) is 0.278. The van der Waals surface area contributed by atoms with Crippen LogP contribution in [0.2, 0.25) is 0 Å². The Labute approximate surface area is 253 Å². The minimum atomic E-state index is -0.681. The Morgan fingerprint density at radius 3 is 2.21 bits per heavy atom.